The summed E-state index contributed by atoms with van der Waals surface area (Å²) in [5, 5.41) is 3.86. The summed E-state index contributed by atoms with van der Waals surface area (Å²) in [5.41, 5.74) is 0.179. The van der Waals surface area contributed by atoms with Crippen LogP contribution in [0.5, 0.6) is 5.88 Å². The Labute approximate surface area is 98.3 Å². The topological polar surface area (TPSA) is 79.6 Å². The number of aryl methyl sites for hydroxylation is 1. The molecule has 1 rings (SSSR count). The van der Waals surface area contributed by atoms with Gasteiger partial charge in [-0.05, 0) is 6.92 Å². The molecule has 0 atom stereocenters. The van der Waals surface area contributed by atoms with Gasteiger partial charge >= 0.3 is 11.9 Å². The van der Waals surface area contributed by atoms with Crippen LogP contribution in [0.25, 0.3) is 0 Å². The molecular weight excluding hydrogens is 228 g/mol. The Morgan fingerprint density at radius 2 is 2.18 bits per heavy atom. The highest BCUT2D eigenvalue weighted by Crippen LogP contribution is 2.18. The van der Waals surface area contributed by atoms with E-state index >= 15 is 0 Å². The van der Waals surface area contributed by atoms with Gasteiger partial charge in [0.1, 0.15) is 5.56 Å². The van der Waals surface area contributed by atoms with Crippen LogP contribution in [-0.4, -0.2) is 42.0 Å². The third-order valence-corrected chi connectivity index (χ3v) is 1.93. The molecular formula is C10H14N2O5. The molecule has 0 amide bonds. The zero-order chi connectivity index (χ0) is 12.8. The van der Waals surface area contributed by atoms with Crippen molar-refractivity contribution in [1.29, 1.82) is 0 Å². The highest BCUT2D eigenvalue weighted by Gasteiger charge is 2.19. The van der Waals surface area contributed by atoms with E-state index in [1.54, 1.807) is 14.0 Å². The van der Waals surface area contributed by atoms with Crippen LogP contribution >= 0.6 is 0 Å². The number of aromatic nitrogens is 2. The van der Waals surface area contributed by atoms with Crippen LogP contribution in [-0.2, 0) is 21.3 Å². The van der Waals surface area contributed by atoms with Crippen molar-refractivity contribution >= 4 is 11.9 Å². The number of ether oxygens (including phenoxy) is 3. The zero-order valence-corrected chi connectivity index (χ0v) is 9.93. The van der Waals surface area contributed by atoms with Gasteiger partial charge in [0.15, 0.2) is 6.61 Å². The summed E-state index contributed by atoms with van der Waals surface area (Å²) in [7, 11) is 2.84. The molecule has 0 radical (unpaired) electrons. The summed E-state index contributed by atoms with van der Waals surface area (Å²) in [6, 6.07) is 0. The third kappa shape index (κ3) is 3.20. The van der Waals surface area contributed by atoms with Crippen LogP contribution in [0.2, 0.25) is 0 Å². The van der Waals surface area contributed by atoms with Crippen molar-refractivity contribution in [3.8, 4) is 5.88 Å². The van der Waals surface area contributed by atoms with Gasteiger partial charge in [0.05, 0.1) is 19.9 Å². The molecule has 1 aromatic rings. The molecule has 7 heteroatoms. The van der Waals surface area contributed by atoms with Crippen molar-refractivity contribution in [2.24, 2.45) is 7.05 Å². The van der Waals surface area contributed by atoms with Crippen LogP contribution < -0.4 is 4.74 Å². The molecule has 0 saturated heterocycles. The fourth-order valence-corrected chi connectivity index (χ4v) is 1.13. The second-order valence-electron chi connectivity index (χ2n) is 3.07. The van der Waals surface area contributed by atoms with E-state index in [1.807, 2.05) is 0 Å². The predicted octanol–water partition coefficient (Wildman–Crippen LogP) is 0.149. The molecule has 17 heavy (non-hydrogen) atoms. The lowest BCUT2D eigenvalue weighted by Gasteiger charge is -2.07. The quantitative estimate of drug-likeness (QED) is 0.684. The van der Waals surface area contributed by atoms with E-state index in [2.05, 4.69) is 9.84 Å². The third-order valence-electron chi connectivity index (χ3n) is 1.93. The summed E-state index contributed by atoms with van der Waals surface area (Å²) in [4.78, 5) is 22.5. The number of nitrogens with zero attached hydrogens (tertiary/aromatic N) is 2. The maximum Gasteiger partial charge on any atom is 0.345 e. The van der Waals surface area contributed by atoms with Gasteiger partial charge in [-0.25, -0.2) is 14.3 Å². The van der Waals surface area contributed by atoms with Gasteiger partial charge in [-0.3, -0.25) is 0 Å². The normalized spacial score (nSPS) is 9.82. The lowest BCUT2D eigenvalue weighted by molar-refractivity contribution is -0.143. The number of hydrogen-bond donors (Lipinski definition) is 0. The van der Waals surface area contributed by atoms with Crippen molar-refractivity contribution in [2.75, 3.05) is 20.3 Å². The van der Waals surface area contributed by atoms with Crippen LogP contribution in [0.15, 0.2) is 6.20 Å². The molecule has 0 aromatic carbocycles. The van der Waals surface area contributed by atoms with E-state index in [-0.39, 0.29) is 24.7 Å². The van der Waals surface area contributed by atoms with Crippen LogP contribution in [0.3, 0.4) is 0 Å². The lowest BCUT2D eigenvalue weighted by Crippen LogP contribution is -2.16. The first-order valence-electron chi connectivity index (χ1n) is 4.98. The van der Waals surface area contributed by atoms with E-state index in [1.165, 1.54) is 18.0 Å². The molecule has 0 N–H and O–H groups in total. The molecule has 0 aliphatic heterocycles. The summed E-state index contributed by atoms with van der Waals surface area (Å²) in [6.07, 6.45) is 1.32. The summed E-state index contributed by atoms with van der Waals surface area (Å²) in [5.74, 6) is -0.907. The SMILES string of the molecule is CCOC(=O)c1cnn(C)c1OCC(=O)OC. The maximum absolute atomic E-state index is 11.5. The molecule has 0 fully saturated rings. The second kappa shape index (κ2) is 5.88. The summed E-state index contributed by atoms with van der Waals surface area (Å²) in [6.45, 7) is 1.66. The van der Waals surface area contributed by atoms with Gasteiger partial charge in [0.2, 0.25) is 5.88 Å². The van der Waals surface area contributed by atoms with Gasteiger partial charge in [0.25, 0.3) is 0 Å². The molecule has 0 unspecified atom stereocenters. The number of rotatable bonds is 5. The number of hydrogen-bond acceptors (Lipinski definition) is 6. The molecule has 0 spiro atoms. The smallest absolute Gasteiger partial charge is 0.345 e. The standard InChI is InChI=1S/C10H14N2O5/c1-4-16-10(14)7-5-11-12(2)9(7)17-6-8(13)15-3/h5H,4,6H2,1-3H3. The molecule has 1 aromatic heterocycles. The second-order valence-corrected chi connectivity index (χ2v) is 3.07. The largest absolute Gasteiger partial charge is 0.466 e. The Bertz CT molecular complexity index is 413. The molecule has 0 aliphatic carbocycles. The molecule has 0 bridgehead atoms. The molecule has 1 heterocycles. The summed E-state index contributed by atoms with van der Waals surface area (Å²) < 4.78 is 15.7. The average molecular weight is 242 g/mol. The molecule has 94 valence electrons. The van der Waals surface area contributed by atoms with E-state index in [9.17, 15) is 9.59 Å². The average Bonchev–Trinajstić information content (AvgIpc) is 2.68. The van der Waals surface area contributed by atoms with Crippen LogP contribution in [0, 0.1) is 0 Å². The van der Waals surface area contributed by atoms with E-state index in [0.29, 0.717) is 0 Å². The number of esters is 2. The Kier molecular flexibility index (Phi) is 4.50. The van der Waals surface area contributed by atoms with Crippen molar-refractivity contribution in [1.82, 2.24) is 9.78 Å². The van der Waals surface area contributed by atoms with E-state index in [0.717, 1.165) is 0 Å². The summed E-state index contributed by atoms with van der Waals surface area (Å²) >= 11 is 0. The van der Waals surface area contributed by atoms with Crippen molar-refractivity contribution in [3.05, 3.63) is 11.8 Å². The molecule has 0 saturated carbocycles. The van der Waals surface area contributed by atoms with Crippen molar-refractivity contribution < 1.29 is 23.8 Å². The predicted molar refractivity (Wildman–Crippen MR) is 56.7 cm³/mol. The monoisotopic (exact) mass is 242 g/mol. The minimum absolute atomic E-state index is 0.175. The molecule has 0 aliphatic rings. The first-order valence-corrected chi connectivity index (χ1v) is 4.98. The minimum atomic E-state index is -0.541. The van der Waals surface area contributed by atoms with Gasteiger partial charge in [-0.1, -0.05) is 0 Å². The molecule has 7 nitrogen and oxygen atoms in total. The van der Waals surface area contributed by atoms with Crippen LogP contribution in [0.4, 0.5) is 0 Å². The fourth-order valence-electron chi connectivity index (χ4n) is 1.13. The van der Waals surface area contributed by atoms with Gasteiger partial charge < -0.3 is 14.2 Å². The highest BCUT2D eigenvalue weighted by molar-refractivity contribution is 5.91. The zero-order valence-electron chi connectivity index (χ0n) is 9.93. The maximum atomic E-state index is 11.5. The van der Waals surface area contributed by atoms with Crippen molar-refractivity contribution in [2.45, 2.75) is 6.92 Å². The number of carbonyl (C=O) groups excluding carboxylic acids is 2. The highest BCUT2D eigenvalue weighted by atomic mass is 16.6. The fraction of sp³-hybridized carbons (Fsp3) is 0.500. The minimum Gasteiger partial charge on any atom is -0.466 e. The van der Waals surface area contributed by atoms with Crippen LogP contribution in [0.1, 0.15) is 17.3 Å². The van der Waals surface area contributed by atoms with Crippen molar-refractivity contribution in [3.63, 3.8) is 0 Å². The van der Waals surface area contributed by atoms with Gasteiger partial charge in [-0.15, -0.1) is 0 Å². The Hall–Kier alpha value is -2.05. The Morgan fingerprint density at radius 1 is 1.47 bits per heavy atom. The Balaban J connectivity index is 2.79. The van der Waals surface area contributed by atoms with E-state index in [4.69, 9.17) is 9.47 Å². The van der Waals surface area contributed by atoms with E-state index < -0.39 is 11.9 Å². The van der Waals surface area contributed by atoms with Gasteiger partial charge in [0, 0.05) is 7.05 Å². The Morgan fingerprint density at radius 3 is 2.76 bits per heavy atom. The first kappa shape index (κ1) is 13.0. The van der Waals surface area contributed by atoms with Gasteiger partial charge in [-0.2, -0.15) is 5.10 Å². The lowest BCUT2D eigenvalue weighted by atomic mass is 10.3. The first-order chi connectivity index (χ1) is 8.10. The number of carbonyl (C=O) groups is 2. The number of methoxy groups -OCH3 is 1.